The standard InChI is InChI=1S/C30H32N4O5/c1-36-26-13-8-23(18-27(26)37-2)29-32-28(39-33-29)19-34-16-14-22(15-17-34)30(35)31-24-9-11-25(12-10-24)38-20-21-6-4-3-5-7-21/h3-13,18,22H,14-17,19-20H2,1-2H3,(H,31,35). The van der Waals surface area contributed by atoms with Gasteiger partial charge in [-0.25, -0.2) is 0 Å². The first kappa shape index (κ1) is 26.2. The number of carbonyl (C=O) groups excluding carboxylic acids is 1. The molecule has 5 rings (SSSR count). The van der Waals surface area contributed by atoms with Gasteiger partial charge in [-0.1, -0.05) is 35.5 Å². The summed E-state index contributed by atoms with van der Waals surface area (Å²) in [5.74, 6) is 3.05. The van der Waals surface area contributed by atoms with Crippen LogP contribution in [0.5, 0.6) is 17.2 Å². The molecule has 1 N–H and O–H groups in total. The quantitative estimate of drug-likeness (QED) is 0.301. The van der Waals surface area contributed by atoms with Crippen LogP contribution in [0.15, 0.2) is 77.3 Å². The smallest absolute Gasteiger partial charge is 0.241 e. The van der Waals surface area contributed by atoms with Crippen molar-refractivity contribution in [1.29, 1.82) is 0 Å². The molecule has 1 fully saturated rings. The van der Waals surface area contributed by atoms with Crippen molar-refractivity contribution in [2.75, 3.05) is 32.6 Å². The summed E-state index contributed by atoms with van der Waals surface area (Å²) in [5, 5.41) is 7.17. The number of ether oxygens (including phenoxy) is 3. The minimum atomic E-state index is -0.0414. The summed E-state index contributed by atoms with van der Waals surface area (Å²) in [6.07, 6.45) is 1.53. The molecule has 0 spiro atoms. The van der Waals surface area contributed by atoms with Crippen molar-refractivity contribution in [3.63, 3.8) is 0 Å². The fourth-order valence-electron chi connectivity index (χ4n) is 4.58. The van der Waals surface area contributed by atoms with Crippen LogP contribution < -0.4 is 19.5 Å². The van der Waals surface area contributed by atoms with Crippen LogP contribution in [0, 0.1) is 5.92 Å². The molecule has 0 atom stereocenters. The van der Waals surface area contributed by atoms with Crippen LogP contribution in [0.25, 0.3) is 11.4 Å². The Kier molecular flexibility index (Phi) is 8.38. The summed E-state index contributed by atoms with van der Waals surface area (Å²) in [4.78, 5) is 19.6. The molecule has 202 valence electrons. The molecule has 39 heavy (non-hydrogen) atoms. The van der Waals surface area contributed by atoms with Crippen LogP contribution >= 0.6 is 0 Å². The topological polar surface area (TPSA) is 99.0 Å². The second kappa shape index (κ2) is 12.4. The molecule has 0 unspecified atom stereocenters. The van der Waals surface area contributed by atoms with Gasteiger partial charge >= 0.3 is 0 Å². The molecule has 4 aromatic rings. The molecular formula is C30H32N4O5. The maximum Gasteiger partial charge on any atom is 0.241 e. The Labute approximate surface area is 227 Å². The minimum absolute atomic E-state index is 0.0414. The second-order valence-corrected chi connectivity index (χ2v) is 9.42. The monoisotopic (exact) mass is 528 g/mol. The van der Waals surface area contributed by atoms with Crippen molar-refractivity contribution in [2.45, 2.75) is 26.0 Å². The van der Waals surface area contributed by atoms with E-state index in [1.54, 1.807) is 14.2 Å². The van der Waals surface area contributed by atoms with Crippen LogP contribution in [0.3, 0.4) is 0 Å². The molecule has 1 aliphatic rings. The first-order valence-electron chi connectivity index (χ1n) is 13.0. The highest BCUT2D eigenvalue weighted by Crippen LogP contribution is 2.31. The molecule has 0 bridgehead atoms. The highest BCUT2D eigenvalue weighted by molar-refractivity contribution is 5.92. The van der Waals surface area contributed by atoms with Gasteiger partial charge in [0.05, 0.1) is 20.8 Å². The molecule has 1 saturated heterocycles. The van der Waals surface area contributed by atoms with E-state index in [9.17, 15) is 4.79 Å². The van der Waals surface area contributed by atoms with E-state index in [0.29, 0.717) is 36.4 Å². The number of hydrogen-bond acceptors (Lipinski definition) is 8. The maximum atomic E-state index is 12.9. The number of likely N-dealkylation sites (tertiary alicyclic amines) is 1. The summed E-state index contributed by atoms with van der Waals surface area (Å²) in [7, 11) is 3.18. The van der Waals surface area contributed by atoms with Crippen molar-refractivity contribution in [1.82, 2.24) is 15.0 Å². The number of amides is 1. The van der Waals surface area contributed by atoms with E-state index < -0.39 is 0 Å². The average molecular weight is 529 g/mol. The van der Waals surface area contributed by atoms with Gasteiger partial charge < -0.3 is 24.1 Å². The van der Waals surface area contributed by atoms with Crippen molar-refractivity contribution in [2.24, 2.45) is 5.92 Å². The normalized spacial score (nSPS) is 14.1. The lowest BCUT2D eigenvalue weighted by Crippen LogP contribution is -2.37. The van der Waals surface area contributed by atoms with Crippen molar-refractivity contribution in [3.8, 4) is 28.6 Å². The predicted octanol–water partition coefficient (Wildman–Crippen LogP) is 5.18. The van der Waals surface area contributed by atoms with E-state index >= 15 is 0 Å². The van der Waals surface area contributed by atoms with Gasteiger partial charge in [-0.3, -0.25) is 9.69 Å². The number of piperidine rings is 1. The first-order valence-corrected chi connectivity index (χ1v) is 13.0. The Morgan fingerprint density at radius 1 is 0.974 bits per heavy atom. The number of rotatable bonds is 10. The molecule has 0 saturated carbocycles. The second-order valence-electron chi connectivity index (χ2n) is 9.42. The summed E-state index contributed by atoms with van der Waals surface area (Å²) in [6, 6.07) is 23.0. The summed E-state index contributed by atoms with van der Waals surface area (Å²) >= 11 is 0. The largest absolute Gasteiger partial charge is 0.493 e. The molecule has 0 aliphatic carbocycles. The zero-order chi connectivity index (χ0) is 27.0. The van der Waals surface area contributed by atoms with E-state index in [1.807, 2.05) is 72.8 Å². The summed E-state index contributed by atoms with van der Waals surface area (Å²) in [6.45, 7) is 2.60. The van der Waals surface area contributed by atoms with E-state index in [-0.39, 0.29) is 11.8 Å². The van der Waals surface area contributed by atoms with Gasteiger partial charge in [0.25, 0.3) is 0 Å². The number of benzene rings is 3. The molecular weight excluding hydrogens is 496 g/mol. The number of aromatic nitrogens is 2. The van der Waals surface area contributed by atoms with Crippen molar-refractivity contribution in [3.05, 3.63) is 84.3 Å². The van der Waals surface area contributed by atoms with Gasteiger partial charge in [-0.05, 0) is 74.0 Å². The Morgan fingerprint density at radius 2 is 1.72 bits per heavy atom. The van der Waals surface area contributed by atoms with Gasteiger partial charge in [-0.15, -0.1) is 0 Å². The first-order chi connectivity index (χ1) is 19.1. The number of anilines is 1. The molecule has 1 amide bonds. The molecule has 0 radical (unpaired) electrons. The lowest BCUT2D eigenvalue weighted by atomic mass is 9.96. The average Bonchev–Trinajstić information content (AvgIpc) is 3.45. The zero-order valence-electron chi connectivity index (χ0n) is 22.1. The molecule has 3 aromatic carbocycles. The summed E-state index contributed by atoms with van der Waals surface area (Å²) in [5.41, 5.74) is 2.66. The van der Waals surface area contributed by atoms with Gasteiger partial charge in [0.15, 0.2) is 11.5 Å². The number of hydrogen-bond donors (Lipinski definition) is 1. The van der Waals surface area contributed by atoms with Gasteiger partial charge in [0.1, 0.15) is 12.4 Å². The number of nitrogens with zero attached hydrogens (tertiary/aromatic N) is 3. The lowest BCUT2D eigenvalue weighted by molar-refractivity contribution is -0.121. The highest BCUT2D eigenvalue weighted by atomic mass is 16.5. The minimum Gasteiger partial charge on any atom is -0.493 e. The number of nitrogens with one attached hydrogen (secondary N) is 1. The number of methoxy groups -OCH3 is 2. The molecule has 9 nitrogen and oxygen atoms in total. The summed E-state index contributed by atoms with van der Waals surface area (Å²) < 4.78 is 22.0. The Morgan fingerprint density at radius 3 is 2.44 bits per heavy atom. The lowest BCUT2D eigenvalue weighted by Gasteiger charge is -2.30. The fraction of sp³-hybridized carbons (Fsp3) is 0.300. The van der Waals surface area contributed by atoms with E-state index in [4.69, 9.17) is 18.7 Å². The predicted molar refractivity (Wildman–Crippen MR) is 147 cm³/mol. The van der Waals surface area contributed by atoms with E-state index in [2.05, 4.69) is 20.4 Å². The third-order valence-corrected chi connectivity index (χ3v) is 6.80. The van der Waals surface area contributed by atoms with Crippen molar-refractivity contribution < 1.29 is 23.5 Å². The Balaban J connectivity index is 1.08. The van der Waals surface area contributed by atoms with E-state index in [0.717, 1.165) is 48.5 Å². The Hall–Kier alpha value is -4.37. The zero-order valence-corrected chi connectivity index (χ0v) is 22.1. The van der Waals surface area contributed by atoms with Crippen LogP contribution in [-0.2, 0) is 17.9 Å². The van der Waals surface area contributed by atoms with Crippen LogP contribution in [0.1, 0.15) is 24.3 Å². The number of carbonyl (C=O) groups is 1. The van der Waals surface area contributed by atoms with Gasteiger partial charge in [0, 0.05) is 17.2 Å². The molecule has 1 aliphatic heterocycles. The maximum absolute atomic E-state index is 12.9. The van der Waals surface area contributed by atoms with Crippen LogP contribution in [0.4, 0.5) is 5.69 Å². The third-order valence-electron chi connectivity index (χ3n) is 6.80. The Bertz CT molecular complexity index is 1370. The fourth-order valence-corrected chi connectivity index (χ4v) is 4.58. The molecule has 9 heteroatoms. The SMILES string of the molecule is COc1ccc(-c2noc(CN3CCC(C(=O)Nc4ccc(OCc5ccccc5)cc4)CC3)n2)cc1OC. The van der Waals surface area contributed by atoms with Crippen LogP contribution in [0.2, 0.25) is 0 Å². The van der Waals surface area contributed by atoms with Crippen LogP contribution in [-0.4, -0.2) is 48.3 Å². The van der Waals surface area contributed by atoms with Gasteiger partial charge in [-0.2, -0.15) is 4.98 Å². The third kappa shape index (κ3) is 6.74. The molecule has 2 heterocycles. The molecule has 1 aromatic heterocycles. The van der Waals surface area contributed by atoms with Crippen molar-refractivity contribution >= 4 is 11.6 Å². The highest BCUT2D eigenvalue weighted by Gasteiger charge is 2.26. The van der Waals surface area contributed by atoms with Gasteiger partial charge in [0.2, 0.25) is 17.6 Å². The van der Waals surface area contributed by atoms with E-state index in [1.165, 1.54) is 0 Å².